The van der Waals surface area contributed by atoms with Crippen molar-refractivity contribution in [2.45, 2.75) is 13.3 Å². The Morgan fingerprint density at radius 2 is 2.13 bits per heavy atom. The summed E-state index contributed by atoms with van der Waals surface area (Å²) >= 11 is 0. The molecule has 0 aliphatic carbocycles. The molecule has 0 radical (unpaired) electrons. The molecule has 0 atom stereocenters. The van der Waals surface area contributed by atoms with Crippen LogP contribution in [-0.4, -0.2) is 15.2 Å². The maximum Gasteiger partial charge on any atom is 0.184 e. The highest BCUT2D eigenvalue weighted by molar-refractivity contribution is 5.55. The normalized spacial score (nSPS) is 10.6. The number of benzene rings is 1. The van der Waals surface area contributed by atoms with Gasteiger partial charge in [0.25, 0.3) is 0 Å². The molecule has 0 fully saturated rings. The molecule has 3 nitrogen and oxygen atoms in total. The second kappa shape index (κ2) is 3.76. The number of H-pyrrole nitrogens is 1. The zero-order chi connectivity index (χ0) is 10.8. The molecule has 5 heteroatoms. The average Bonchev–Trinajstić information content (AvgIpc) is 2.70. The number of rotatable bonds is 2. The largest absolute Gasteiger partial charge is 0.263 e. The van der Waals surface area contributed by atoms with Gasteiger partial charge in [-0.25, -0.2) is 13.8 Å². The van der Waals surface area contributed by atoms with E-state index < -0.39 is 11.6 Å². The molecule has 0 bridgehead atoms. The van der Waals surface area contributed by atoms with Gasteiger partial charge in [0.1, 0.15) is 5.82 Å². The predicted octanol–water partition coefficient (Wildman–Crippen LogP) is 2.31. The van der Waals surface area contributed by atoms with Gasteiger partial charge < -0.3 is 0 Å². The maximum atomic E-state index is 13.3. The molecule has 2 aromatic rings. The molecule has 1 aromatic carbocycles. The van der Waals surface area contributed by atoms with Crippen LogP contribution in [-0.2, 0) is 6.42 Å². The van der Waals surface area contributed by atoms with E-state index in [1.165, 1.54) is 12.1 Å². The summed E-state index contributed by atoms with van der Waals surface area (Å²) in [5, 5.41) is 6.47. The molecule has 0 aliphatic heterocycles. The summed E-state index contributed by atoms with van der Waals surface area (Å²) in [5.74, 6) is -0.980. The number of hydrogen-bond donors (Lipinski definition) is 1. The number of aromatic nitrogens is 3. The molecular formula is C10H9F2N3. The fourth-order valence-corrected chi connectivity index (χ4v) is 1.25. The van der Waals surface area contributed by atoms with Gasteiger partial charge in [-0.15, -0.1) is 0 Å². The summed E-state index contributed by atoms with van der Waals surface area (Å²) in [6.45, 7) is 1.90. The Kier molecular flexibility index (Phi) is 2.45. The highest BCUT2D eigenvalue weighted by Crippen LogP contribution is 2.20. The van der Waals surface area contributed by atoms with Crippen LogP contribution in [0.25, 0.3) is 11.4 Å². The van der Waals surface area contributed by atoms with Gasteiger partial charge in [0.05, 0.1) is 5.56 Å². The lowest BCUT2D eigenvalue weighted by Crippen LogP contribution is -1.90. The second-order valence-corrected chi connectivity index (χ2v) is 3.06. The van der Waals surface area contributed by atoms with E-state index in [1.807, 2.05) is 6.92 Å². The van der Waals surface area contributed by atoms with Crippen molar-refractivity contribution in [3.63, 3.8) is 0 Å². The number of nitrogens with one attached hydrogen (secondary N) is 1. The number of aryl methyl sites for hydroxylation is 1. The fraction of sp³-hybridized carbons (Fsp3) is 0.200. The van der Waals surface area contributed by atoms with E-state index in [-0.39, 0.29) is 11.4 Å². The summed E-state index contributed by atoms with van der Waals surface area (Å²) in [6.07, 6.45) is 0.671. The monoisotopic (exact) mass is 209 g/mol. The van der Waals surface area contributed by atoms with Crippen molar-refractivity contribution in [1.82, 2.24) is 15.2 Å². The molecule has 0 spiro atoms. The summed E-state index contributed by atoms with van der Waals surface area (Å²) in [4.78, 5) is 4.03. The van der Waals surface area contributed by atoms with Gasteiger partial charge in [-0.2, -0.15) is 5.10 Å². The number of hydrogen-bond acceptors (Lipinski definition) is 2. The third kappa shape index (κ3) is 1.72. The van der Waals surface area contributed by atoms with E-state index in [2.05, 4.69) is 15.2 Å². The van der Waals surface area contributed by atoms with Crippen molar-refractivity contribution < 1.29 is 8.78 Å². The van der Waals surface area contributed by atoms with E-state index >= 15 is 0 Å². The van der Waals surface area contributed by atoms with Crippen LogP contribution in [0.15, 0.2) is 18.2 Å². The number of nitrogens with zero attached hydrogens (tertiary/aromatic N) is 2. The van der Waals surface area contributed by atoms with Gasteiger partial charge in [0.2, 0.25) is 0 Å². The van der Waals surface area contributed by atoms with E-state index in [9.17, 15) is 8.78 Å². The number of halogens is 2. The first kappa shape index (κ1) is 9.76. The minimum Gasteiger partial charge on any atom is -0.263 e. The van der Waals surface area contributed by atoms with Crippen LogP contribution in [0.1, 0.15) is 12.7 Å². The Morgan fingerprint density at radius 1 is 1.33 bits per heavy atom. The molecule has 15 heavy (non-hydrogen) atoms. The summed E-state index contributed by atoms with van der Waals surface area (Å²) in [6, 6.07) is 3.93. The lowest BCUT2D eigenvalue weighted by atomic mass is 10.2. The van der Waals surface area contributed by atoms with E-state index in [0.29, 0.717) is 12.2 Å². The molecule has 0 saturated heterocycles. The minimum absolute atomic E-state index is 0.0750. The molecular weight excluding hydrogens is 200 g/mol. The van der Waals surface area contributed by atoms with Crippen molar-refractivity contribution in [2.24, 2.45) is 0 Å². The zero-order valence-electron chi connectivity index (χ0n) is 8.09. The van der Waals surface area contributed by atoms with Crippen molar-refractivity contribution in [2.75, 3.05) is 0 Å². The van der Waals surface area contributed by atoms with Crippen LogP contribution in [0.4, 0.5) is 8.78 Å². The molecule has 0 saturated carbocycles. The minimum atomic E-state index is -0.917. The lowest BCUT2D eigenvalue weighted by Gasteiger charge is -1.97. The Balaban J connectivity index is 2.49. The molecule has 0 amide bonds. The van der Waals surface area contributed by atoms with Crippen molar-refractivity contribution in [3.8, 4) is 11.4 Å². The van der Waals surface area contributed by atoms with Gasteiger partial charge in [-0.05, 0) is 12.1 Å². The molecule has 78 valence electrons. The first-order chi connectivity index (χ1) is 7.22. The van der Waals surface area contributed by atoms with E-state index in [0.717, 1.165) is 6.07 Å². The molecule has 0 unspecified atom stereocenters. The molecule has 1 aromatic heterocycles. The smallest absolute Gasteiger partial charge is 0.184 e. The van der Waals surface area contributed by atoms with Crippen LogP contribution >= 0.6 is 0 Å². The van der Waals surface area contributed by atoms with Crippen LogP contribution in [0.5, 0.6) is 0 Å². The van der Waals surface area contributed by atoms with Crippen LogP contribution in [0.2, 0.25) is 0 Å². The molecule has 1 heterocycles. The maximum absolute atomic E-state index is 13.3. The summed E-state index contributed by atoms with van der Waals surface area (Å²) < 4.78 is 26.2. The standard InChI is InChI=1S/C10H9F2N3/c1-2-8-13-10(15-14-8)6-4-3-5-7(11)9(6)12/h3-5H,2H2,1H3,(H,13,14,15). The van der Waals surface area contributed by atoms with E-state index in [1.54, 1.807) is 0 Å². The van der Waals surface area contributed by atoms with Crippen LogP contribution < -0.4 is 0 Å². The molecule has 2 rings (SSSR count). The Labute approximate surface area is 85.2 Å². The van der Waals surface area contributed by atoms with Crippen molar-refractivity contribution >= 4 is 0 Å². The van der Waals surface area contributed by atoms with Gasteiger partial charge in [0.15, 0.2) is 17.5 Å². The first-order valence-corrected chi connectivity index (χ1v) is 4.58. The molecule has 0 aliphatic rings. The van der Waals surface area contributed by atoms with Gasteiger partial charge in [-0.1, -0.05) is 13.0 Å². The highest BCUT2D eigenvalue weighted by Gasteiger charge is 2.13. The highest BCUT2D eigenvalue weighted by atomic mass is 19.2. The topological polar surface area (TPSA) is 41.6 Å². The third-order valence-corrected chi connectivity index (χ3v) is 2.06. The number of aromatic amines is 1. The Morgan fingerprint density at radius 3 is 2.80 bits per heavy atom. The van der Waals surface area contributed by atoms with Gasteiger partial charge >= 0.3 is 0 Å². The van der Waals surface area contributed by atoms with Gasteiger partial charge in [-0.3, -0.25) is 5.10 Å². The SMILES string of the molecule is CCc1nc(-c2cccc(F)c2F)n[nH]1. The van der Waals surface area contributed by atoms with Crippen LogP contribution in [0.3, 0.4) is 0 Å². The van der Waals surface area contributed by atoms with Crippen molar-refractivity contribution in [3.05, 3.63) is 35.7 Å². The average molecular weight is 209 g/mol. The van der Waals surface area contributed by atoms with Crippen molar-refractivity contribution in [1.29, 1.82) is 0 Å². The lowest BCUT2D eigenvalue weighted by molar-refractivity contribution is 0.510. The van der Waals surface area contributed by atoms with Gasteiger partial charge in [0, 0.05) is 6.42 Å². The second-order valence-electron chi connectivity index (χ2n) is 3.06. The van der Waals surface area contributed by atoms with Crippen LogP contribution in [0, 0.1) is 11.6 Å². The van der Waals surface area contributed by atoms with E-state index in [4.69, 9.17) is 0 Å². The predicted molar refractivity (Wildman–Crippen MR) is 51.1 cm³/mol. The summed E-state index contributed by atoms with van der Waals surface area (Å²) in [7, 11) is 0. The third-order valence-electron chi connectivity index (χ3n) is 2.06. The Bertz CT molecular complexity index is 479. The fourth-order valence-electron chi connectivity index (χ4n) is 1.25. The quantitative estimate of drug-likeness (QED) is 0.824. The molecule has 1 N–H and O–H groups in total. The Hall–Kier alpha value is -1.78. The summed E-state index contributed by atoms with van der Waals surface area (Å²) in [5.41, 5.74) is 0.0750. The first-order valence-electron chi connectivity index (χ1n) is 4.58. The zero-order valence-corrected chi connectivity index (χ0v) is 8.09.